The summed E-state index contributed by atoms with van der Waals surface area (Å²) in [5.74, 6) is -0.764. The molecule has 3 saturated carbocycles. The second-order valence-corrected chi connectivity index (χ2v) is 11.5. The number of nitrogens with zero attached hydrogens (tertiary/aromatic N) is 1. The molecule has 3 fully saturated rings. The summed E-state index contributed by atoms with van der Waals surface area (Å²) in [7, 11) is 0. The van der Waals surface area contributed by atoms with E-state index in [0.29, 0.717) is 6.42 Å². The third kappa shape index (κ3) is 2.62. The Kier molecular flexibility index (Phi) is 5.22. The van der Waals surface area contributed by atoms with Gasteiger partial charge in [-0.2, -0.15) is 0 Å². The number of benzene rings is 1. The molecule has 2 bridgehead atoms. The summed E-state index contributed by atoms with van der Waals surface area (Å²) in [5, 5.41) is 10.7. The average Bonchev–Trinajstić information content (AvgIpc) is 3.09. The molecule has 3 atom stereocenters. The van der Waals surface area contributed by atoms with E-state index in [1.54, 1.807) is 0 Å². The Labute approximate surface area is 181 Å². The summed E-state index contributed by atoms with van der Waals surface area (Å²) in [6.07, 6.45) is 1.59. The van der Waals surface area contributed by atoms with Crippen LogP contribution in [0.2, 0.25) is 0 Å². The molecule has 2 N–H and O–H groups in total. The zero-order chi connectivity index (χ0) is 20.2. The van der Waals surface area contributed by atoms with E-state index in [-0.39, 0.29) is 36.6 Å². The first kappa shape index (κ1) is 20.7. The molecule has 10 heteroatoms. The highest BCUT2D eigenvalue weighted by molar-refractivity contribution is 9.24. The zero-order valence-corrected chi connectivity index (χ0v) is 19.4. The van der Waals surface area contributed by atoms with Crippen molar-refractivity contribution in [2.75, 3.05) is 0 Å². The molecule has 3 aliphatic carbocycles. The molecule has 0 spiro atoms. The number of carbonyl (C=O) groups is 2. The molecule has 0 radical (unpaired) electrons. The van der Waals surface area contributed by atoms with Gasteiger partial charge in [0.1, 0.15) is 0 Å². The highest BCUT2D eigenvalue weighted by atomic mass is 79.9. The monoisotopic (exact) mass is 565 g/mol. The predicted molar refractivity (Wildman–Crippen MR) is 111 cm³/mol. The minimum absolute atomic E-state index is 0.0347. The first-order valence-electron chi connectivity index (χ1n) is 8.30. The number of nitro groups is 1. The Bertz CT molecular complexity index is 814. The molecule has 3 unspecified atom stereocenters. The van der Waals surface area contributed by atoms with Crippen molar-refractivity contribution in [2.24, 2.45) is 16.2 Å². The Morgan fingerprint density at radius 2 is 1.78 bits per heavy atom. The van der Waals surface area contributed by atoms with Crippen LogP contribution in [0.1, 0.15) is 37.0 Å². The number of rotatable bonds is 4. The predicted octanol–water partition coefficient (Wildman–Crippen LogP) is 4.04. The number of nitro benzene ring substituents is 1. The topological polar surface area (TPSA) is 101 Å². The molecule has 2 amide bonds. The summed E-state index contributed by atoms with van der Waals surface area (Å²) in [4.78, 5) is 35.4. The van der Waals surface area contributed by atoms with Crippen molar-refractivity contribution in [3.8, 4) is 0 Å². The lowest BCUT2D eigenvalue weighted by molar-refractivity contribution is -0.384. The van der Waals surface area contributed by atoms with Gasteiger partial charge in [0.25, 0.3) is 11.6 Å². The fraction of sp³-hybridized carbons (Fsp3) is 0.529. The van der Waals surface area contributed by atoms with Crippen molar-refractivity contribution < 1.29 is 14.5 Å². The molecule has 0 aromatic heterocycles. The minimum atomic E-state index is -0.629. The van der Waals surface area contributed by atoms with E-state index >= 15 is 0 Å². The number of hydrazine groups is 1. The van der Waals surface area contributed by atoms with Gasteiger partial charge >= 0.3 is 0 Å². The van der Waals surface area contributed by atoms with Crippen LogP contribution in [0, 0.1) is 26.4 Å². The number of amides is 2. The minimum Gasteiger partial charge on any atom is -0.273 e. The number of carbonyl (C=O) groups excluding carboxylic acids is 2. The molecule has 0 heterocycles. The second kappa shape index (κ2) is 6.81. The molecule has 1 aromatic carbocycles. The van der Waals surface area contributed by atoms with E-state index < -0.39 is 16.2 Å². The van der Waals surface area contributed by atoms with Crippen molar-refractivity contribution in [2.45, 2.75) is 35.3 Å². The van der Waals surface area contributed by atoms with E-state index in [0.717, 1.165) is 6.42 Å². The van der Waals surface area contributed by atoms with Gasteiger partial charge in [-0.15, -0.1) is 0 Å². The van der Waals surface area contributed by atoms with E-state index in [1.807, 2.05) is 0 Å². The van der Waals surface area contributed by atoms with Gasteiger partial charge in [0.15, 0.2) is 0 Å². The second-order valence-electron chi connectivity index (χ2n) is 7.51. The van der Waals surface area contributed by atoms with Crippen molar-refractivity contribution >= 4 is 65.3 Å². The normalized spacial score (nSPS) is 30.5. The fourth-order valence-electron chi connectivity index (χ4n) is 4.73. The smallest absolute Gasteiger partial charge is 0.269 e. The SMILES string of the molecule is CC1(C)C2(C(=O)NNC(=O)c3ccc([N+](=O)[O-])cc3)CCC1(C(Br)Br)C2Br. The van der Waals surface area contributed by atoms with Crippen LogP contribution in [0.5, 0.6) is 0 Å². The molecule has 4 rings (SSSR count). The van der Waals surface area contributed by atoms with Gasteiger partial charge in [-0.3, -0.25) is 30.6 Å². The standard InChI is InChI=1S/C17H18Br3N3O4/c1-15(2)16(13(19)20)7-8-17(15,12(16)18)14(25)22-21-11(24)9-3-5-10(6-4-9)23(26)27/h3-6,12-13H,7-8H2,1-2H3,(H,21,24)(H,22,25). The maximum atomic E-state index is 13.0. The highest BCUT2D eigenvalue weighted by Crippen LogP contribution is 2.82. The zero-order valence-electron chi connectivity index (χ0n) is 14.6. The van der Waals surface area contributed by atoms with Crippen molar-refractivity contribution in [3.63, 3.8) is 0 Å². The first-order chi connectivity index (χ1) is 12.5. The van der Waals surface area contributed by atoms with E-state index in [9.17, 15) is 19.7 Å². The van der Waals surface area contributed by atoms with Gasteiger partial charge in [-0.1, -0.05) is 61.6 Å². The Balaban J connectivity index is 1.70. The van der Waals surface area contributed by atoms with Crippen LogP contribution in [-0.4, -0.2) is 25.3 Å². The molecule has 0 saturated heterocycles. The molecule has 7 nitrogen and oxygen atoms in total. The molecule has 3 aliphatic rings. The van der Waals surface area contributed by atoms with Gasteiger partial charge in [0, 0.05) is 27.9 Å². The lowest BCUT2D eigenvalue weighted by atomic mass is 9.43. The fourth-order valence-corrected chi connectivity index (χ4v) is 9.65. The molecule has 0 aliphatic heterocycles. The number of hydrogen-bond acceptors (Lipinski definition) is 4. The number of nitrogens with one attached hydrogen (secondary N) is 2. The number of alkyl halides is 3. The van der Waals surface area contributed by atoms with Crippen molar-refractivity contribution in [1.82, 2.24) is 10.9 Å². The molecule has 146 valence electrons. The van der Waals surface area contributed by atoms with Gasteiger partial charge in [0.2, 0.25) is 5.91 Å². The van der Waals surface area contributed by atoms with Crippen molar-refractivity contribution in [3.05, 3.63) is 39.9 Å². The molecular weight excluding hydrogens is 550 g/mol. The van der Waals surface area contributed by atoms with Crippen LogP contribution >= 0.6 is 47.8 Å². The number of fused-ring (bicyclic) bond motifs is 1. The van der Waals surface area contributed by atoms with Gasteiger partial charge in [-0.25, -0.2) is 0 Å². The molecular formula is C17H18Br3N3O4. The van der Waals surface area contributed by atoms with Crippen LogP contribution in [-0.2, 0) is 4.79 Å². The van der Waals surface area contributed by atoms with E-state index in [1.165, 1.54) is 24.3 Å². The third-order valence-electron chi connectivity index (χ3n) is 6.52. The number of halogens is 3. The quantitative estimate of drug-likeness (QED) is 0.326. The molecule has 27 heavy (non-hydrogen) atoms. The van der Waals surface area contributed by atoms with Gasteiger partial charge in [0.05, 0.1) is 14.1 Å². The van der Waals surface area contributed by atoms with Crippen LogP contribution in [0.25, 0.3) is 0 Å². The van der Waals surface area contributed by atoms with Crippen LogP contribution in [0.3, 0.4) is 0 Å². The summed E-state index contributed by atoms with van der Waals surface area (Å²) in [5.41, 5.74) is 4.07. The van der Waals surface area contributed by atoms with Crippen LogP contribution in [0.15, 0.2) is 24.3 Å². The van der Waals surface area contributed by atoms with Gasteiger partial charge in [-0.05, 0) is 30.4 Å². The van der Waals surface area contributed by atoms with Crippen molar-refractivity contribution in [1.29, 1.82) is 0 Å². The Hall–Kier alpha value is -1.000. The summed E-state index contributed by atoms with van der Waals surface area (Å²) < 4.78 is 0.0648. The van der Waals surface area contributed by atoms with Crippen LogP contribution in [0.4, 0.5) is 5.69 Å². The average molecular weight is 568 g/mol. The van der Waals surface area contributed by atoms with E-state index in [2.05, 4.69) is 72.5 Å². The number of non-ortho nitro benzene ring substituents is 1. The maximum absolute atomic E-state index is 13.0. The summed E-state index contributed by atoms with van der Waals surface area (Å²) in [6, 6.07) is 5.19. The third-order valence-corrected chi connectivity index (χ3v) is 9.75. The van der Waals surface area contributed by atoms with E-state index in [4.69, 9.17) is 0 Å². The summed E-state index contributed by atoms with van der Waals surface area (Å²) >= 11 is 11.0. The first-order valence-corrected chi connectivity index (χ1v) is 11.0. The molecule has 1 aromatic rings. The largest absolute Gasteiger partial charge is 0.273 e. The maximum Gasteiger partial charge on any atom is 0.269 e. The van der Waals surface area contributed by atoms with Gasteiger partial charge < -0.3 is 0 Å². The lowest BCUT2D eigenvalue weighted by Gasteiger charge is -2.66. The lowest BCUT2D eigenvalue weighted by Crippen LogP contribution is -2.72. The summed E-state index contributed by atoms with van der Waals surface area (Å²) in [6.45, 7) is 4.15. The van der Waals surface area contributed by atoms with Crippen LogP contribution < -0.4 is 10.9 Å². The number of hydrogen-bond donors (Lipinski definition) is 2. The Morgan fingerprint density at radius 3 is 2.22 bits per heavy atom. The highest BCUT2D eigenvalue weighted by Gasteiger charge is 2.83. The Morgan fingerprint density at radius 1 is 1.19 bits per heavy atom.